The van der Waals surface area contributed by atoms with Crippen molar-refractivity contribution in [3.63, 3.8) is 0 Å². The first kappa shape index (κ1) is 20.5. The van der Waals surface area contributed by atoms with Crippen LogP contribution in [-0.4, -0.2) is 46.1 Å². The first-order valence-electron chi connectivity index (χ1n) is 11.6. The summed E-state index contributed by atoms with van der Waals surface area (Å²) in [5, 5.41) is 27.2. The Kier molecular flexibility index (Phi) is 5.22. The molecular weight excluding hydrogens is 390 g/mol. The van der Waals surface area contributed by atoms with Crippen LogP contribution < -0.4 is 4.90 Å². The van der Waals surface area contributed by atoms with Gasteiger partial charge in [0.25, 0.3) is 0 Å². The van der Waals surface area contributed by atoms with Crippen molar-refractivity contribution < 1.29 is 15.0 Å². The summed E-state index contributed by atoms with van der Waals surface area (Å²) in [6.45, 7) is 2.43. The Morgan fingerprint density at radius 2 is 1.74 bits per heavy atom. The first-order valence-corrected chi connectivity index (χ1v) is 11.6. The zero-order chi connectivity index (χ0) is 21.6. The molecule has 3 N–H and O–H groups in total. The number of aromatic nitrogens is 2. The summed E-state index contributed by atoms with van der Waals surface area (Å²) in [5.74, 6) is 0.0131. The van der Waals surface area contributed by atoms with Crippen molar-refractivity contribution in [1.29, 1.82) is 0 Å². The van der Waals surface area contributed by atoms with Crippen LogP contribution in [0.3, 0.4) is 0 Å². The number of aliphatic hydroxyl groups is 2. The highest BCUT2D eigenvalue weighted by Crippen LogP contribution is 2.50. The first-order chi connectivity index (χ1) is 15.1. The number of anilines is 1. The molecule has 0 fully saturated rings. The Bertz CT molecular complexity index is 1050. The maximum atomic E-state index is 13.5. The summed E-state index contributed by atoms with van der Waals surface area (Å²) < 4.78 is 0. The predicted molar refractivity (Wildman–Crippen MR) is 121 cm³/mol. The highest BCUT2D eigenvalue weighted by Gasteiger charge is 2.50. The van der Waals surface area contributed by atoms with Gasteiger partial charge in [0, 0.05) is 25.4 Å². The average Bonchev–Trinajstić information content (AvgIpc) is 3.18. The molecule has 6 nitrogen and oxygen atoms in total. The van der Waals surface area contributed by atoms with Gasteiger partial charge in [0.2, 0.25) is 5.91 Å². The number of amides is 1. The number of aromatic amines is 1. The molecular formula is C25H31N3O3. The number of H-pyrrole nitrogens is 1. The number of benzene rings is 1. The molecule has 2 aromatic rings. The summed E-state index contributed by atoms with van der Waals surface area (Å²) in [5.41, 5.74) is 8.95. The number of aliphatic hydroxyl groups excluding tert-OH is 2. The normalized spacial score (nSPS) is 19.5. The van der Waals surface area contributed by atoms with E-state index in [1.807, 2.05) is 18.0 Å². The lowest BCUT2D eigenvalue weighted by molar-refractivity contribution is -0.124. The third-order valence-corrected chi connectivity index (χ3v) is 7.53. The van der Waals surface area contributed by atoms with E-state index in [1.54, 1.807) is 0 Å². The summed E-state index contributed by atoms with van der Waals surface area (Å²) >= 11 is 0. The van der Waals surface area contributed by atoms with Crippen molar-refractivity contribution in [1.82, 2.24) is 10.2 Å². The van der Waals surface area contributed by atoms with E-state index in [1.165, 1.54) is 33.5 Å². The lowest BCUT2D eigenvalue weighted by atomic mass is 9.75. The monoisotopic (exact) mass is 421 g/mol. The SMILES string of the molecule is CCN1C(=O)C(CCO)(CCO)c2cc3c(cc21)C1=C(CCC3)c2[nH]ncc2CCC1. The molecule has 1 aromatic heterocycles. The molecule has 2 heterocycles. The molecule has 1 aliphatic heterocycles. The molecule has 31 heavy (non-hydrogen) atoms. The quantitative estimate of drug-likeness (QED) is 0.691. The standard InChI is InChI=1S/C25H31N3O3/c1-2-28-22-14-20-16(13-21(22)25(9-11-29,10-12-30)24(28)31)5-3-8-19-18(20)7-4-6-17-15-26-27-23(17)19/h13-15,29-30H,2-12H2,1H3,(H,26,27). The average molecular weight is 422 g/mol. The summed E-state index contributed by atoms with van der Waals surface area (Å²) in [4.78, 5) is 15.4. The number of carbonyl (C=O) groups is 1. The number of rotatable bonds is 5. The summed E-state index contributed by atoms with van der Waals surface area (Å²) in [7, 11) is 0. The summed E-state index contributed by atoms with van der Waals surface area (Å²) in [6, 6.07) is 4.45. The van der Waals surface area contributed by atoms with E-state index in [9.17, 15) is 15.0 Å². The van der Waals surface area contributed by atoms with Gasteiger partial charge in [0.05, 0.1) is 17.3 Å². The van der Waals surface area contributed by atoms with Gasteiger partial charge in [-0.05, 0) is 97.8 Å². The number of nitrogens with zero attached hydrogens (tertiary/aromatic N) is 2. The zero-order valence-electron chi connectivity index (χ0n) is 18.2. The van der Waals surface area contributed by atoms with Crippen LogP contribution in [0.25, 0.3) is 11.1 Å². The van der Waals surface area contributed by atoms with E-state index >= 15 is 0 Å². The van der Waals surface area contributed by atoms with Gasteiger partial charge in [-0.2, -0.15) is 5.10 Å². The van der Waals surface area contributed by atoms with Crippen LogP contribution in [0, 0.1) is 0 Å². The Morgan fingerprint density at radius 1 is 1.03 bits per heavy atom. The van der Waals surface area contributed by atoms with Crippen molar-refractivity contribution in [3.05, 3.63) is 46.3 Å². The minimum Gasteiger partial charge on any atom is -0.396 e. The molecule has 0 unspecified atom stereocenters. The number of hydrogen-bond donors (Lipinski definition) is 3. The number of hydrogen-bond acceptors (Lipinski definition) is 4. The molecule has 1 aromatic carbocycles. The third kappa shape index (κ3) is 2.99. The zero-order valence-corrected chi connectivity index (χ0v) is 18.2. The maximum absolute atomic E-state index is 13.5. The molecule has 164 valence electrons. The number of carbonyl (C=O) groups excluding carboxylic acids is 1. The predicted octanol–water partition coefficient (Wildman–Crippen LogP) is 3.36. The van der Waals surface area contributed by atoms with Crippen molar-refractivity contribution in [2.24, 2.45) is 0 Å². The number of likely N-dealkylation sites (N-methyl/N-ethyl adjacent to an activating group) is 1. The second kappa shape index (κ2) is 7.92. The number of aryl methyl sites for hydroxylation is 2. The lowest BCUT2D eigenvalue weighted by Gasteiger charge is -2.27. The van der Waals surface area contributed by atoms with Crippen LogP contribution >= 0.6 is 0 Å². The lowest BCUT2D eigenvalue weighted by Crippen LogP contribution is -2.41. The van der Waals surface area contributed by atoms with Gasteiger partial charge in [-0.3, -0.25) is 9.89 Å². The van der Waals surface area contributed by atoms with Gasteiger partial charge in [-0.25, -0.2) is 0 Å². The van der Waals surface area contributed by atoms with Crippen LogP contribution in [0.1, 0.15) is 73.4 Å². The van der Waals surface area contributed by atoms with Crippen molar-refractivity contribution in [2.75, 3.05) is 24.7 Å². The number of fused-ring (bicyclic) bond motifs is 5. The molecule has 1 amide bonds. The maximum Gasteiger partial charge on any atom is 0.237 e. The van der Waals surface area contributed by atoms with E-state index < -0.39 is 5.41 Å². The molecule has 0 bridgehead atoms. The smallest absolute Gasteiger partial charge is 0.237 e. The molecule has 0 saturated carbocycles. The Morgan fingerprint density at radius 3 is 2.45 bits per heavy atom. The molecule has 3 aliphatic rings. The highest BCUT2D eigenvalue weighted by molar-refractivity contribution is 6.09. The van der Waals surface area contributed by atoms with E-state index in [-0.39, 0.29) is 19.1 Å². The van der Waals surface area contributed by atoms with Crippen LogP contribution in [-0.2, 0) is 23.1 Å². The fourth-order valence-electron chi connectivity index (χ4n) is 6.06. The molecule has 0 spiro atoms. The van der Waals surface area contributed by atoms with Crippen LogP contribution in [0.15, 0.2) is 18.3 Å². The van der Waals surface area contributed by atoms with Crippen molar-refractivity contribution >= 4 is 22.7 Å². The third-order valence-electron chi connectivity index (χ3n) is 7.53. The van der Waals surface area contributed by atoms with Crippen LogP contribution in [0.2, 0.25) is 0 Å². The van der Waals surface area contributed by atoms with Crippen molar-refractivity contribution in [2.45, 2.75) is 63.7 Å². The topological polar surface area (TPSA) is 89.5 Å². The molecule has 0 atom stereocenters. The fourth-order valence-corrected chi connectivity index (χ4v) is 6.06. The molecule has 6 heteroatoms. The van der Waals surface area contributed by atoms with Gasteiger partial charge in [0.15, 0.2) is 0 Å². The fraction of sp³-hybridized carbons (Fsp3) is 0.520. The number of allylic oxidation sites excluding steroid dienone is 2. The van der Waals surface area contributed by atoms with Gasteiger partial charge in [-0.1, -0.05) is 6.07 Å². The van der Waals surface area contributed by atoms with Crippen molar-refractivity contribution in [3.8, 4) is 0 Å². The van der Waals surface area contributed by atoms with Gasteiger partial charge in [0.1, 0.15) is 0 Å². The Balaban J connectivity index is 1.72. The molecule has 0 saturated heterocycles. The van der Waals surface area contributed by atoms with E-state index in [0.29, 0.717) is 19.4 Å². The Hall–Kier alpha value is -2.44. The Labute approximate surface area is 183 Å². The molecule has 0 radical (unpaired) electrons. The van der Waals surface area contributed by atoms with E-state index in [2.05, 4.69) is 22.3 Å². The molecule has 5 rings (SSSR count). The minimum absolute atomic E-state index is 0.0131. The molecule has 2 aliphatic carbocycles. The highest BCUT2D eigenvalue weighted by atomic mass is 16.3. The second-order valence-corrected chi connectivity index (χ2v) is 9.04. The van der Waals surface area contributed by atoms with Gasteiger partial charge in [-0.15, -0.1) is 0 Å². The van der Waals surface area contributed by atoms with Crippen LogP contribution in [0.5, 0.6) is 0 Å². The summed E-state index contributed by atoms with van der Waals surface area (Å²) in [6.07, 6.45) is 8.87. The van der Waals surface area contributed by atoms with Gasteiger partial charge >= 0.3 is 0 Å². The van der Waals surface area contributed by atoms with Gasteiger partial charge < -0.3 is 15.1 Å². The number of nitrogens with one attached hydrogen (secondary N) is 1. The van der Waals surface area contributed by atoms with E-state index in [4.69, 9.17) is 0 Å². The van der Waals surface area contributed by atoms with Crippen LogP contribution in [0.4, 0.5) is 5.69 Å². The largest absolute Gasteiger partial charge is 0.396 e. The minimum atomic E-state index is -0.826. The van der Waals surface area contributed by atoms with E-state index in [0.717, 1.165) is 49.8 Å². The second-order valence-electron chi connectivity index (χ2n) is 9.04.